The van der Waals surface area contributed by atoms with Crippen molar-refractivity contribution in [1.82, 2.24) is 4.72 Å². The lowest BCUT2D eigenvalue weighted by molar-refractivity contribution is 0.544. The maximum atomic E-state index is 14.1. The van der Waals surface area contributed by atoms with Crippen molar-refractivity contribution in [1.29, 1.82) is 0 Å². The van der Waals surface area contributed by atoms with Crippen molar-refractivity contribution in [2.75, 3.05) is 11.5 Å². The minimum absolute atomic E-state index is 0.0773. The predicted molar refractivity (Wildman–Crippen MR) is 82.1 cm³/mol. The Hall–Kier alpha value is -0.340. The van der Waals surface area contributed by atoms with Crippen LogP contribution in [0.1, 0.15) is 19.4 Å². The maximum absolute atomic E-state index is 14.1. The third-order valence-electron chi connectivity index (χ3n) is 2.52. The summed E-state index contributed by atoms with van der Waals surface area (Å²) in [6.45, 7) is 3.60. The van der Waals surface area contributed by atoms with Gasteiger partial charge in [0.1, 0.15) is 10.7 Å². The average Bonchev–Trinajstić information content (AvgIpc) is 2.37. The molecular weight excluding hydrogens is 323 g/mol. The lowest BCUT2D eigenvalue weighted by atomic mass is 10.2. The van der Waals surface area contributed by atoms with Crippen molar-refractivity contribution in [2.45, 2.75) is 31.3 Å². The van der Waals surface area contributed by atoms with E-state index >= 15 is 0 Å². The zero-order valence-electron chi connectivity index (χ0n) is 11.3. The first-order valence-corrected chi connectivity index (χ1v) is 9.11. The molecule has 0 saturated carbocycles. The lowest BCUT2D eigenvalue weighted by Gasteiger charge is -2.15. The maximum Gasteiger partial charge on any atom is 0.243 e. The molecule has 0 spiro atoms. The lowest BCUT2D eigenvalue weighted by Crippen LogP contribution is -2.35. The van der Waals surface area contributed by atoms with Crippen LogP contribution >= 0.6 is 23.4 Å². The van der Waals surface area contributed by atoms with Gasteiger partial charge in [-0.25, -0.2) is 17.5 Å². The molecule has 0 aromatic heterocycles. The molecule has 1 unspecified atom stereocenters. The van der Waals surface area contributed by atoms with Crippen molar-refractivity contribution in [3.8, 4) is 0 Å². The molecule has 0 bridgehead atoms. The molecule has 3 N–H and O–H groups in total. The van der Waals surface area contributed by atoms with Crippen LogP contribution in [0.15, 0.2) is 17.0 Å². The van der Waals surface area contributed by atoms with Crippen LogP contribution in [0.5, 0.6) is 0 Å². The topological polar surface area (TPSA) is 72.2 Å². The van der Waals surface area contributed by atoms with Gasteiger partial charge in [-0.2, -0.15) is 11.8 Å². The van der Waals surface area contributed by atoms with E-state index < -0.39 is 20.7 Å². The SMILES string of the molecule is CCSCC(C)NS(=O)(=O)c1cc(Cl)cc(CN)c1F. The van der Waals surface area contributed by atoms with Gasteiger partial charge in [0.25, 0.3) is 0 Å². The van der Waals surface area contributed by atoms with Gasteiger partial charge in [0.2, 0.25) is 10.0 Å². The van der Waals surface area contributed by atoms with E-state index in [1.807, 2.05) is 6.92 Å². The number of rotatable bonds is 7. The van der Waals surface area contributed by atoms with Gasteiger partial charge in [0.05, 0.1) is 0 Å². The molecule has 0 radical (unpaired) electrons. The van der Waals surface area contributed by atoms with Crippen LogP contribution < -0.4 is 10.5 Å². The Kier molecular flexibility index (Phi) is 6.74. The van der Waals surface area contributed by atoms with E-state index in [1.54, 1.807) is 18.7 Å². The highest BCUT2D eigenvalue weighted by molar-refractivity contribution is 7.99. The second-order valence-corrected chi connectivity index (χ2v) is 7.70. The number of hydrogen-bond acceptors (Lipinski definition) is 4. The number of thioether (sulfide) groups is 1. The van der Waals surface area contributed by atoms with Gasteiger partial charge in [0, 0.05) is 28.9 Å². The number of hydrogen-bond donors (Lipinski definition) is 2. The second-order valence-electron chi connectivity index (χ2n) is 4.26. The van der Waals surface area contributed by atoms with E-state index in [4.69, 9.17) is 17.3 Å². The summed E-state index contributed by atoms with van der Waals surface area (Å²) in [5.74, 6) is 0.649. The van der Waals surface area contributed by atoms with Gasteiger partial charge in [-0.1, -0.05) is 18.5 Å². The van der Waals surface area contributed by atoms with Crippen LogP contribution in [0.4, 0.5) is 4.39 Å². The van der Waals surface area contributed by atoms with Crippen LogP contribution in [-0.2, 0) is 16.6 Å². The first-order valence-electron chi connectivity index (χ1n) is 6.09. The molecule has 114 valence electrons. The van der Waals surface area contributed by atoms with E-state index in [0.29, 0.717) is 5.75 Å². The number of halogens is 2. The van der Waals surface area contributed by atoms with Gasteiger partial charge < -0.3 is 5.73 Å². The van der Waals surface area contributed by atoms with E-state index in [9.17, 15) is 12.8 Å². The third-order valence-corrected chi connectivity index (χ3v) is 5.47. The molecule has 20 heavy (non-hydrogen) atoms. The smallest absolute Gasteiger partial charge is 0.243 e. The van der Waals surface area contributed by atoms with Crippen LogP contribution in [0, 0.1) is 5.82 Å². The molecule has 1 rings (SSSR count). The molecular formula is C12H18ClFN2O2S2. The zero-order valence-corrected chi connectivity index (χ0v) is 13.7. The summed E-state index contributed by atoms with van der Waals surface area (Å²) in [7, 11) is -3.95. The van der Waals surface area contributed by atoms with E-state index in [2.05, 4.69) is 4.72 Å². The molecule has 1 atom stereocenters. The quantitative estimate of drug-likeness (QED) is 0.799. The van der Waals surface area contributed by atoms with Crippen molar-refractivity contribution >= 4 is 33.4 Å². The molecule has 0 saturated heterocycles. The monoisotopic (exact) mass is 340 g/mol. The fourth-order valence-electron chi connectivity index (χ4n) is 1.62. The number of nitrogens with two attached hydrogens (primary N) is 1. The highest BCUT2D eigenvalue weighted by Crippen LogP contribution is 2.23. The molecule has 1 aromatic rings. The standard InChI is InChI=1S/C12H18ClFN2O2S2/c1-3-19-7-8(2)16-20(17,18)11-5-10(13)4-9(6-15)12(11)14/h4-5,8,16H,3,6-7,15H2,1-2H3. The Labute approximate surface area is 128 Å². The summed E-state index contributed by atoms with van der Waals surface area (Å²) in [6, 6.07) is 2.12. The normalized spacial score (nSPS) is 13.4. The van der Waals surface area contributed by atoms with Crippen LogP contribution in [0.2, 0.25) is 5.02 Å². The van der Waals surface area contributed by atoms with E-state index in [-0.39, 0.29) is 23.2 Å². The van der Waals surface area contributed by atoms with Crippen LogP contribution in [-0.4, -0.2) is 26.0 Å². The highest BCUT2D eigenvalue weighted by atomic mass is 35.5. The Balaban J connectivity index is 3.06. The molecule has 1 aromatic carbocycles. The zero-order chi connectivity index (χ0) is 15.3. The summed E-state index contributed by atoms with van der Waals surface area (Å²) in [5.41, 5.74) is 5.46. The molecule has 0 heterocycles. The van der Waals surface area contributed by atoms with Gasteiger partial charge >= 0.3 is 0 Å². The third kappa shape index (κ3) is 4.60. The summed E-state index contributed by atoms with van der Waals surface area (Å²) >= 11 is 7.41. The first-order chi connectivity index (χ1) is 9.31. The summed E-state index contributed by atoms with van der Waals surface area (Å²) in [6.07, 6.45) is 0. The van der Waals surface area contributed by atoms with E-state index in [1.165, 1.54) is 6.07 Å². The Bertz CT molecular complexity index is 567. The minimum Gasteiger partial charge on any atom is -0.326 e. The molecule has 0 aliphatic carbocycles. The van der Waals surface area contributed by atoms with Gasteiger partial charge in [-0.05, 0) is 24.8 Å². The highest BCUT2D eigenvalue weighted by Gasteiger charge is 2.23. The number of nitrogens with one attached hydrogen (secondary N) is 1. The Morgan fingerprint density at radius 3 is 2.70 bits per heavy atom. The molecule has 0 aliphatic heterocycles. The Morgan fingerprint density at radius 2 is 2.15 bits per heavy atom. The summed E-state index contributed by atoms with van der Waals surface area (Å²) in [5, 5.41) is 0.141. The summed E-state index contributed by atoms with van der Waals surface area (Å²) < 4.78 is 40.9. The predicted octanol–water partition coefficient (Wildman–Crippen LogP) is 2.36. The fraction of sp³-hybridized carbons (Fsp3) is 0.500. The van der Waals surface area contributed by atoms with Gasteiger partial charge in [0.15, 0.2) is 0 Å². The molecule has 8 heteroatoms. The Morgan fingerprint density at radius 1 is 1.50 bits per heavy atom. The second kappa shape index (κ2) is 7.61. The van der Waals surface area contributed by atoms with E-state index in [0.717, 1.165) is 11.8 Å². The van der Waals surface area contributed by atoms with Crippen LogP contribution in [0.3, 0.4) is 0 Å². The largest absolute Gasteiger partial charge is 0.326 e. The van der Waals surface area contributed by atoms with Crippen molar-refractivity contribution in [3.63, 3.8) is 0 Å². The van der Waals surface area contributed by atoms with Crippen LogP contribution in [0.25, 0.3) is 0 Å². The molecule has 0 fully saturated rings. The van der Waals surface area contributed by atoms with Crippen molar-refractivity contribution in [3.05, 3.63) is 28.5 Å². The first kappa shape index (κ1) is 17.7. The number of sulfonamides is 1. The average molecular weight is 341 g/mol. The molecule has 0 aliphatic rings. The van der Waals surface area contributed by atoms with Crippen molar-refractivity contribution < 1.29 is 12.8 Å². The number of benzene rings is 1. The fourth-order valence-corrected chi connectivity index (χ4v) is 4.09. The minimum atomic E-state index is -3.95. The summed E-state index contributed by atoms with van der Waals surface area (Å²) in [4.78, 5) is -0.459. The van der Waals surface area contributed by atoms with Gasteiger partial charge in [-0.3, -0.25) is 0 Å². The molecule has 0 amide bonds. The van der Waals surface area contributed by atoms with Gasteiger partial charge in [-0.15, -0.1) is 0 Å². The molecule has 4 nitrogen and oxygen atoms in total. The van der Waals surface area contributed by atoms with Crippen molar-refractivity contribution in [2.24, 2.45) is 5.73 Å².